The van der Waals surface area contributed by atoms with Gasteiger partial charge in [0, 0.05) is 17.0 Å². The third-order valence-corrected chi connectivity index (χ3v) is 4.76. The van der Waals surface area contributed by atoms with E-state index in [1.807, 2.05) is 0 Å². The van der Waals surface area contributed by atoms with Gasteiger partial charge in [0.25, 0.3) is 5.91 Å². The van der Waals surface area contributed by atoms with E-state index in [-0.39, 0.29) is 17.1 Å². The molecule has 3 aromatic rings. The number of amides is 1. The Labute approximate surface area is 179 Å². The molecule has 164 valence electrons. The second kappa shape index (κ2) is 8.89. The predicted octanol–water partition coefficient (Wildman–Crippen LogP) is 5.23. The van der Waals surface area contributed by atoms with Crippen LogP contribution in [0.2, 0.25) is 5.02 Å². The summed E-state index contributed by atoms with van der Waals surface area (Å²) in [6.07, 6.45) is -4.63. The van der Waals surface area contributed by atoms with Crippen molar-refractivity contribution in [2.75, 3.05) is 12.4 Å². The van der Waals surface area contributed by atoms with E-state index in [9.17, 15) is 22.8 Å². The van der Waals surface area contributed by atoms with Gasteiger partial charge in [-0.05, 0) is 37.3 Å². The minimum absolute atomic E-state index is 0.0832. The molecule has 1 aromatic heterocycles. The molecule has 0 bridgehead atoms. The molecule has 31 heavy (non-hydrogen) atoms. The molecule has 1 atom stereocenters. The topological polar surface area (TPSA) is 77.8 Å². The number of rotatable bonds is 6. The molecule has 1 heterocycles. The quantitative estimate of drug-likeness (QED) is 0.515. The second-order valence-corrected chi connectivity index (χ2v) is 7.02. The Kier molecular flexibility index (Phi) is 6.45. The van der Waals surface area contributed by atoms with Crippen LogP contribution in [0.15, 0.2) is 47.1 Å². The summed E-state index contributed by atoms with van der Waals surface area (Å²) in [6, 6.07) is 7.63. The number of hydrogen-bond acceptors (Lipinski definition) is 5. The lowest BCUT2D eigenvalue weighted by Gasteiger charge is -2.15. The molecule has 2 aromatic carbocycles. The van der Waals surface area contributed by atoms with Crippen molar-refractivity contribution in [2.45, 2.75) is 25.6 Å². The van der Waals surface area contributed by atoms with Crippen molar-refractivity contribution in [1.29, 1.82) is 0 Å². The maximum Gasteiger partial charge on any atom is 0.416 e. The minimum Gasteiger partial charge on any atom is -0.497 e. The molecule has 3 rings (SSSR count). The number of carbonyl (C=O) groups is 2. The van der Waals surface area contributed by atoms with Crippen molar-refractivity contribution >= 4 is 40.1 Å². The Bertz CT molecular complexity index is 1130. The van der Waals surface area contributed by atoms with E-state index in [2.05, 4.69) is 5.32 Å². The third-order valence-electron chi connectivity index (χ3n) is 4.43. The summed E-state index contributed by atoms with van der Waals surface area (Å²) in [7, 11) is 1.52. The highest BCUT2D eigenvalue weighted by molar-refractivity contribution is 6.33. The maximum atomic E-state index is 12.9. The number of alkyl halides is 3. The van der Waals surface area contributed by atoms with Gasteiger partial charge in [-0.15, -0.1) is 0 Å². The van der Waals surface area contributed by atoms with Gasteiger partial charge in [-0.2, -0.15) is 13.2 Å². The zero-order chi connectivity index (χ0) is 22.8. The molecular weight excluding hydrogens is 439 g/mol. The predicted molar refractivity (Wildman–Crippen MR) is 107 cm³/mol. The highest BCUT2D eigenvalue weighted by Crippen LogP contribution is 2.34. The monoisotopic (exact) mass is 455 g/mol. The molecule has 6 nitrogen and oxygen atoms in total. The van der Waals surface area contributed by atoms with E-state index in [0.717, 1.165) is 12.1 Å². The summed E-state index contributed by atoms with van der Waals surface area (Å²) in [5.41, 5.74) is -0.136. The van der Waals surface area contributed by atoms with E-state index in [0.29, 0.717) is 28.3 Å². The Balaban J connectivity index is 1.64. The fourth-order valence-corrected chi connectivity index (χ4v) is 2.97. The molecule has 0 aliphatic carbocycles. The van der Waals surface area contributed by atoms with Gasteiger partial charge in [-0.1, -0.05) is 11.6 Å². The van der Waals surface area contributed by atoms with E-state index in [1.54, 1.807) is 18.2 Å². The standard InChI is InChI=1S/C21H17ClF3NO5/c1-11(20(28)26-17-8-13(21(23,24)25)3-6-16(17)22)31-19(27)7-12-10-30-18-9-14(29-2)4-5-15(12)18/h3-6,8-11H,7H2,1-2H3,(H,26,28). The van der Waals surface area contributed by atoms with Crippen LogP contribution >= 0.6 is 11.6 Å². The first-order chi connectivity index (χ1) is 14.6. The molecule has 1 N–H and O–H groups in total. The lowest BCUT2D eigenvalue weighted by Crippen LogP contribution is -2.30. The number of fused-ring (bicyclic) bond motifs is 1. The SMILES string of the molecule is COc1ccc2c(CC(=O)OC(C)C(=O)Nc3cc(C(F)(F)F)ccc3Cl)coc2c1. The van der Waals surface area contributed by atoms with Crippen LogP contribution in [-0.2, 0) is 26.9 Å². The van der Waals surface area contributed by atoms with Crippen LogP contribution in [0, 0.1) is 0 Å². The molecule has 0 radical (unpaired) electrons. The number of methoxy groups -OCH3 is 1. The summed E-state index contributed by atoms with van der Waals surface area (Å²) in [4.78, 5) is 24.5. The van der Waals surface area contributed by atoms with Crippen LogP contribution in [0.3, 0.4) is 0 Å². The summed E-state index contributed by atoms with van der Waals surface area (Å²) >= 11 is 5.86. The number of halogens is 4. The molecule has 0 aliphatic rings. The van der Waals surface area contributed by atoms with Gasteiger partial charge in [0.2, 0.25) is 0 Å². The zero-order valence-corrected chi connectivity index (χ0v) is 17.1. The average molecular weight is 456 g/mol. The highest BCUT2D eigenvalue weighted by Gasteiger charge is 2.31. The van der Waals surface area contributed by atoms with Crippen molar-refractivity contribution in [1.82, 2.24) is 0 Å². The van der Waals surface area contributed by atoms with Crippen LogP contribution in [0.25, 0.3) is 11.0 Å². The Morgan fingerprint density at radius 1 is 1.19 bits per heavy atom. The van der Waals surface area contributed by atoms with Crippen LogP contribution in [-0.4, -0.2) is 25.1 Å². The Morgan fingerprint density at radius 3 is 2.61 bits per heavy atom. The molecule has 0 saturated carbocycles. The van der Waals surface area contributed by atoms with Gasteiger partial charge in [-0.25, -0.2) is 0 Å². The van der Waals surface area contributed by atoms with E-state index < -0.39 is 29.7 Å². The molecule has 1 amide bonds. The summed E-state index contributed by atoms with van der Waals surface area (Å²) in [5, 5.41) is 2.85. The minimum atomic E-state index is -4.60. The number of hydrogen-bond donors (Lipinski definition) is 1. The van der Waals surface area contributed by atoms with Crippen molar-refractivity contribution in [3.8, 4) is 5.75 Å². The molecule has 0 saturated heterocycles. The number of nitrogens with one attached hydrogen (secondary N) is 1. The zero-order valence-electron chi connectivity index (χ0n) is 16.4. The fraction of sp³-hybridized carbons (Fsp3) is 0.238. The lowest BCUT2D eigenvalue weighted by atomic mass is 10.1. The van der Waals surface area contributed by atoms with E-state index in [1.165, 1.54) is 20.3 Å². The number of carbonyl (C=O) groups excluding carboxylic acids is 2. The number of furan rings is 1. The average Bonchev–Trinajstić information content (AvgIpc) is 3.10. The molecule has 0 aliphatic heterocycles. The highest BCUT2D eigenvalue weighted by atomic mass is 35.5. The van der Waals surface area contributed by atoms with E-state index in [4.69, 9.17) is 25.5 Å². The second-order valence-electron chi connectivity index (χ2n) is 6.61. The maximum absolute atomic E-state index is 12.9. The van der Waals surface area contributed by atoms with Gasteiger partial charge in [0.1, 0.15) is 11.3 Å². The molecule has 1 unspecified atom stereocenters. The number of esters is 1. The fourth-order valence-electron chi connectivity index (χ4n) is 2.81. The normalized spacial score (nSPS) is 12.5. The Morgan fingerprint density at radius 2 is 1.94 bits per heavy atom. The number of anilines is 1. The van der Waals surface area contributed by atoms with Gasteiger partial charge < -0.3 is 19.2 Å². The van der Waals surface area contributed by atoms with Gasteiger partial charge in [-0.3, -0.25) is 9.59 Å². The number of ether oxygens (including phenoxy) is 2. The summed E-state index contributed by atoms with van der Waals surface area (Å²) in [5.74, 6) is -0.942. The third kappa shape index (κ3) is 5.29. The van der Waals surface area contributed by atoms with Gasteiger partial charge in [0.05, 0.1) is 36.1 Å². The molecule has 10 heteroatoms. The molecule has 0 spiro atoms. The first kappa shape index (κ1) is 22.5. The van der Waals surface area contributed by atoms with Crippen LogP contribution in [0.1, 0.15) is 18.1 Å². The van der Waals surface area contributed by atoms with Crippen LogP contribution in [0.4, 0.5) is 18.9 Å². The van der Waals surface area contributed by atoms with Crippen molar-refractivity contribution in [2.24, 2.45) is 0 Å². The van der Waals surface area contributed by atoms with Crippen LogP contribution < -0.4 is 10.1 Å². The smallest absolute Gasteiger partial charge is 0.416 e. The van der Waals surface area contributed by atoms with Crippen LogP contribution in [0.5, 0.6) is 5.75 Å². The first-order valence-corrected chi connectivity index (χ1v) is 9.37. The lowest BCUT2D eigenvalue weighted by molar-refractivity contribution is -0.152. The van der Waals surface area contributed by atoms with Gasteiger partial charge in [0.15, 0.2) is 6.10 Å². The van der Waals surface area contributed by atoms with Crippen molar-refractivity contribution in [3.05, 3.63) is 58.8 Å². The van der Waals surface area contributed by atoms with Crippen molar-refractivity contribution in [3.63, 3.8) is 0 Å². The van der Waals surface area contributed by atoms with Gasteiger partial charge >= 0.3 is 12.1 Å². The summed E-state index contributed by atoms with van der Waals surface area (Å²) < 4.78 is 54.2. The summed E-state index contributed by atoms with van der Waals surface area (Å²) in [6.45, 7) is 1.30. The van der Waals surface area contributed by atoms with Crippen molar-refractivity contribution < 1.29 is 36.7 Å². The molecule has 0 fully saturated rings. The number of benzene rings is 2. The Hall–Kier alpha value is -3.20. The van der Waals surface area contributed by atoms with E-state index >= 15 is 0 Å². The molecular formula is C21H17ClF3NO5. The largest absolute Gasteiger partial charge is 0.497 e. The first-order valence-electron chi connectivity index (χ1n) is 8.99.